The number of rotatable bonds is 3. The molecule has 0 saturated heterocycles. The molecule has 23 heavy (non-hydrogen) atoms. The molecule has 0 fully saturated rings. The molecular formula is C16H12ClNO5. The molecular weight excluding hydrogens is 322 g/mol. The average molecular weight is 334 g/mol. The predicted molar refractivity (Wildman–Crippen MR) is 82.4 cm³/mol. The van der Waals surface area contributed by atoms with Gasteiger partial charge in [0.05, 0.1) is 24.8 Å². The number of fused-ring (bicyclic) bond motifs is 1. The van der Waals surface area contributed by atoms with Crippen LogP contribution in [-0.4, -0.2) is 30.0 Å². The van der Waals surface area contributed by atoms with Crippen molar-refractivity contribution < 1.29 is 19.1 Å². The lowest BCUT2D eigenvalue weighted by Crippen LogP contribution is -2.23. The second-order valence-corrected chi connectivity index (χ2v) is 5.34. The van der Waals surface area contributed by atoms with Crippen LogP contribution in [0.1, 0.15) is 26.3 Å². The lowest BCUT2D eigenvalue weighted by atomic mass is 9.99. The van der Waals surface area contributed by atoms with Crippen molar-refractivity contribution >= 4 is 23.4 Å². The Hall–Kier alpha value is -2.60. The van der Waals surface area contributed by atoms with E-state index < -0.39 is 17.3 Å². The Morgan fingerprint density at radius 3 is 2.61 bits per heavy atom. The zero-order valence-corrected chi connectivity index (χ0v) is 12.9. The van der Waals surface area contributed by atoms with Gasteiger partial charge in [0.25, 0.3) is 5.56 Å². The number of hydrogen-bond acceptors (Lipinski definition) is 5. The number of nitrogens with zero attached hydrogens (tertiary/aromatic N) is 1. The highest BCUT2D eigenvalue weighted by atomic mass is 35.5. The van der Waals surface area contributed by atoms with Crippen molar-refractivity contribution in [2.45, 2.75) is 6.54 Å². The molecule has 0 spiro atoms. The van der Waals surface area contributed by atoms with Crippen molar-refractivity contribution in [2.75, 3.05) is 13.7 Å². The molecule has 118 valence electrons. The Labute approximate surface area is 136 Å². The van der Waals surface area contributed by atoms with Gasteiger partial charge >= 0.3 is 5.97 Å². The van der Waals surface area contributed by atoms with Gasteiger partial charge < -0.3 is 9.47 Å². The van der Waals surface area contributed by atoms with Crippen LogP contribution in [0.4, 0.5) is 0 Å². The van der Waals surface area contributed by atoms with Gasteiger partial charge in [0.2, 0.25) is 5.88 Å². The zero-order valence-electron chi connectivity index (χ0n) is 12.2. The molecule has 3 rings (SSSR count). The summed E-state index contributed by atoms with van der Waals surface area (Å²) in [5.41, 5.74) is -0.163. The van der Waals surface area contributed by atoms with Crippen molar-refractivity contribution in [3.05, 3.63) is 62.4 Å². The molecule has 1 aromatic heterocycles. The number of esters is 1. The second kappa shape index (κ2) is 5.89. The molecule has 0 amide bonds. The molecule has 0 bridgehead atoms. The van der Waals surface area contributed by atoms with E-state index >= 15 is 0 Å². The number of methoxy groups -OCH3 is 1. The Balaban J connectivity index is 2.22. The molecule has 7 heteroatoms. The van der Waals surface area contributed by atoms with Gasteiger partial charge in [-0.3, -0.25) is 14.2 Å². The summed E-state index contributed by atoms with van der Waals surface area (Å²) >= 11 is 5.83. The first-order chi connectivity index (χ1) is 11.0. The zero-order chi connectivity index (χ0) is 16.6. The highest BCUT2D eigenvalue weighted by Gasteiger charge is 2.30. The fourth-order valence-corrected chi connectivity index (χ4v) is 2.58. The van der Waals surface area contributed by atoms with Gasteiger partial charge in [-0.25, -0.2) is 4.79 Å². The van der Waals surface area contributed by atoms with Crippen LogP contribution in [0.2, 0.25) is 5.02 Å². The minimum atomic E-state index is -0.765. The number of benzene rings is 1. The van der Waals surface area contributed by atoms with Crippen LogP contribution in [0.15, 0.2) is 35.1 Å². The number of aromatic nitrogens is 1. The first-order valence-electron chi connectivity index (χ1n) is 6.82. The molecule has 0 saturated carbocycles. The van der Waals surface area contributed by atoms with Crippen LogP contribution >= 0.6 is 11.6 Å². The number of halogens is 1. The van der Waals surface area contributed by atoms with Crippen LogP contribution in [0.25, 0.3) is 0 Å². The van der Waals surface area contributed by atoms with Crippen molar-refractivity contribution in [3.63, 3.8) is 0 Å². The largest absolute Gasteiger partial charge is 0.476 e. The Morgan fingerprint density at radius 1 is 1.26 bits per heavy atom. The molecule has 2 heterocycles. The lowest BCUT2D eigenvalue weighted by molar-refractivity contribution is 0.0596. The smallest absolute Gasteiger partial charge is 0.339 e. The van der Waals surface area contributed by atoms with E-state index in [4.69, 9.17) is 16.3 Å². The van der Waals surface area contributed by atoms with Gasteiger partial charge in [-0.2, -0.15) is 0 Å². The van der Waals surface area contributed by atoms with E-state index in [9.17, 15) is 14.4 Å². The Morgan fingerprint density at radius 2 is 1.96 bits per heavy atom. The predicted octanol–water partition coefficient (Wildman–Crippen LogP) is 1.91. The van der Waals surface area contributed by atoms with Gasteiger partial charge in [-0.05, 0) is 24.3 Å². The van der Waals surface area contributed by atoms with E-state index in [0.717, 1.165) is 6.07 Å². The summed E-state index contributed by atoms with van der Waals surface area (Å²) in [4.78, 5) is 36.9. The van der Waals surface area contributed by atoms with E-state index in [2.05, 4.69) is 4.74 Å². The quantitative estimate of drug-likeness (QED) is 0.633. The van der Waals surface area contributed by atoms with E-state index in [1.54, 1.807) is 24.3 Å². The van der Waals surface area contributed by atoms with Gasteiger partial charge in [-0.1, -0.05) is 11.6 Å². The van der Waals surface area contributed by atoms with Crippen molar-refractivity contribution in [2.24, 2.45) is 0 Å². The minimum Gasteiger partial charge on any atom is -0.476 e. The average Bonchev–Trinajstić information content (AvgIpc) is 3.04. The van der Waals surface area contributed by atoms with E-state index in [1.165, 1.54) is 11.7 Å². The van der Waals surface area contributed by atoms with Gasteiger partial charge in [0.15, 0.2) is 5.78 Å². The molecule has 0 atom stereocenters. The highest BCUT2D eigenvalue weighted by molar-refractivity contribution is 6.30. The molecule has 1 aromatic carbocycles. The monoisotopic (exact) mass is 333 g/mol. The van der Waals surface area contributed by atoms with Crippen LogP contribution in [0.5, 0.6) is 5.88 Å². The standard InChI is InChI=1S/C16H12ClNO5/c1-22-16(21)11-8-12(19)18-6-7-23-15(18)13(11)14(20)9-2-4-10(17)5-3-9/h2-5,8H,6-7H2,1H3. The number of ketones is 1. The summed E-state index contributed by atoms with van der Waals surface area (Å²) in [7, 11) is 1.19. The molecule has 0 radical (unpaired) electrons. The molecule has 1 aliphatic heterocycles. The molecule has 2 aromatic rings. The number of hydrogen-bond donors (Lipinski definition) is 0. The fraction of sp³-hybridized carbons (Fsp3) is 0.188. The summed E-state index contributed by atoms with van der Waals surface area (Å²) in [5.74, 6) is -1.11. The Bertz CT molecular complexity index is 854. The SMILES string of the molecule is COC(=O)c1cc(=O)n2c(c1C(=O)c1ccc(Cl)cc1)OCC2. The second-order valence-electron chi connectivity index (χ2n) is 4.90. The van der Waals surface area contributed by atoms with Crippen molar-refractivity contribution in [3.8, 4) is 5.88 Å². The maximum Gasteiger partial charge on any atom is 0.339 e. The van der Waals surface area contributed by atoms with Gasteiger partial charge in [0.1, 0.15) is 6.61 Å². The van der Waals surface area contributed by atoms with Gasteiger partial charge in [0, 0.05) is 16.7 Å². The van der Waals surface area contributed by atoms with E-state index in [1.807, 2.05) is 0 Å². The lowest BCUT2D eigenvalue weighted by Gasteiger charge is -2.12. The van der Waals surface area contributed by atoms with E-state index in [0.29, 0.717) is 17.1 Å². The van der Waals surface area contributed by atoms with Crippen LogP contribution in [-0.2, 0) is 11.3 Å². The Kier molecular flexibility index (Phi) is 3.92. The highest BCUT2D eigenvalue weighted by Crippen LogP contribution is 2.28. The van der Waals surface area contributed by atoms with Crippen molar-refractivity contribution in [1.82, 2.24) is 4.57 Å². The normalized spacial score (nSPS) is 12.4. The molecule has 1 aliphatic rings. The van der Waals surface area contributed by atoms with Crippen molar-refractivity contribution in [1.29, 1.82) is 0 Å². The fourth-order valence-electron chi connectivity index (χ4n) is 2.46. The maximum absolute atomic E-state index is 12.8. The first kappa shape index (κ1) is 15.3. The maximum atomic E-state index is 12.8. The molecule has 6 nitrogen and oxygen atoms in total. The third kappa shape index (κ3) is 2.61. The molecule has 0 unspecified atom stereocenters. The number of carbonyl (C=O) groups excluding carboxylic acids is 2. The number of ether oxygens (including phenoxy) is 2. The summed E-state index contributed by atoms with van der Waals surface area (Å²) in [6.45, 7) is 0.595. The summed E-state index contributed by atoms with van der Waals surface area (Å²) in [6, 6.07) is 7.34. The first-order valence-corrected chi connectivity index (χ1v) is 7.20. The third-order valence-electron chi connectivity index (χ3n) is 3.55. The minimum absolute atomic E-state index is 0.0243. The van der Waals surface area contributed by atoms with Gasteiger partial charge in [-0.15, -0.1) is 0 Å². The number of pyridine rings is 1. The van der Waals surface area contributed by atoms with Crippen LogP contribution in [0.3, 0.4) is 0 Å². The van der Waals surface area contributed by atoms with E-state index in [-0.39, 0.29) is 23.6 Å². The summed E-state index contributed by atoms with van der Waals surface area (Å²) in [6.07, 6.45) is 0. The van der Waals surface area contributed by atoms with Crippen LogP contribution in [0, 0.1) is 0 Å². The third-order valence-corrected chi connectivity index (χ3v) is 3.81. The molecule has 0 aliphatic carbocycles. The molecule has 0 N–H and O–H groups in total. The number of carbonyl (C=O) groups is 2. The van der Waals surface area contributed by atoms with Crippen LogP contribution < -0.4 is 10.3 Å². The summed E-state index contributed by atoms with van der Waals surface area (Å²) in [5, 5.41) is 0.487. The summed E-state index contributed by atoms with van der Waals surface area (Å²) < 4.78 is 11.4. The topological polar surface area (TPSA) is 74.6 Å².